The van der Waals surface area contributed by atoms with E-state index in [2.05, 4.69) is 10.1 Å². The quantitative estimate of drug-likeness (QED) is 0.696. The molecule has 0 aliphatic heterocycles. The molecule has 3 aromatic rings. The molecular formula is C19H18FN3O. The van der Waals surface area contributed by atoms with Gasteiger partial charge in [0.15, 0.2) is 11.3 Å². The average molecular weight is 323 g/mol. The smallest absolute Gasteiger partial charge is 0.172 e. The van der Waals surface area contributed by atoms with Crippen molar-refractivity contribution in [2.75, 3.05) is 0 Å². The summed E-state index contributed by atoms with van der Waals surface area (Å²) in [4.78, 5) is 17.3. The van der Waals surface area contributed by atoms with E-state index in [1.165, 1.54) is 24.8 Å². The summed E-state index contributed by atoms with van der Waals surface area (Å²) in [5, 5.41) is 4.26. The zero-order valence-electron chi connectivity index (χ0n) is 13.4. The van der Waals surface area contributed by atoms with Crippen molar-refractivity contribution in [1.29, 1.82) is 0 Å². The highest BCUT2D eigenvalue weighted by molar-refractivity contribution is 5.93. The molecule has 1 heterocycles. The Morgan fingerprint density at radius 3 is 2.33 bits per heavy atom. The molecular weight excluding hydrogens is 305 g/mol. The second kappa shape index (κ2) is 6.74. The summed E-state index contributed by atoms with van der Waals surface area (Å²) in [7, 11) is 0. The van der Waals surface area contributed by atoms with Crippen LogP contribution in [-0.2, 0) is 10.3 Å². The monoisotopic (exact) mass is 323 g/mol. The van der Waals surface area contributed by atoms with Crippen molar-refractivity contribution in [2.45, 2.75) is 25.3 Å². The van der Waals surface area contributed by atoms with Gasteiger partial charge in [-0.05, 0) is 29.7 Å². The fourth-order valence-electron chi connectivity index (χ4n) is 3.04. The van der Waals surface area contributed by atoms with Crippen molar-refractivity contribution in [3.8, 4) is 0 Å². The fourth-order valence-corrected chi connectivity index (χ4v) is 3.04. The zero-order valence-corrected chi connectivity index (χ0v) is 13.4. The average Bonchev–Trinajstić information content (AvgIpc) is 3.13. The first kappa shape index (κ1) is 16.1. The third-order valence-electron chi connectivity index (χ3n) is 4.10. The van der Waals surface area contributed by atoms with Gasteiger partial charge in [0, 0.05) is 6.42 Å². The molecule has 3 rings (SSSR count). The highest BCUT2D eigenvalue weighted by Gasteiger charge is 2.43. The predicted molar refractivity (Wildman–Crippen MR) is 89.0 cm³/mol. The lowest BCUT2D eigenvalue weighted by molar-refractivity contribution is -0.124. The van der Waals surface area contributed by atoms with Crippen molar-refractivity contribution in [1.82, 2.24) is 14.8 Å². The molecule has 1 aromatic heterocycles. The SMILES string of the molecule is CCCC(=O)C(c1ccccc1)(c1ccc(F)cc1)n1cncn1. The van der Waals surface area contributed by atoms with E-state index in [0.717, 1.165) is 5.56 Å². The standard InChI is InChI=1S/C19H18FN3O/c1-2-6-18(24)19(23-14-21-13-22-23,15-7-4-3-5-8-15)16-9-11-17(20)12-10-16/h3-5,7-14H,2,6H2,1H3. The molecule has 0 spiro atoms. The van der Waals surface area contributed by atoms with Gasteiger partial charge in [0.2, 0.25) is 0 Å². The van der Waals surface area contributed by atoms with Gasteiger partial charge in [-0.3, -0.25) is 4.79 Å². The van der Waals surface area contributed by atoms with Crippen molar-refractivity contribution >= 4 is 5.78 Å². The molecule has 0 fully saturated rings. The molecule has 122 valence electrons. The fraction of sp³-hybridized carbons (Fsp3) is 0.211. The molecule has 2 aromatic carbocycles. The Morgan fingerprint density at radius 1 is 1.08 bits per heavy atom. The number of nitrogens with zero attached hydrogens (tertiary/aromatic N) is 3. The van der Waals surface area contributed by atoms with Gasteiger partial charge in [0.05, 0.1) is 0 Å². The molecule has 0 N–H and O–H groups in total. The number of carbonyl (C=O) groups excluding carboxylic acids is 1. The molecule has 1 atom stereocenters. The highest BCUT2D eigenvalue weighted by Crippen LogP contribution is 2.36. The van der Waals surface area contributed by atoms with Gasteiger partial charge < -0.3 is 0 Å². The van der Waals surface area contributed by atoms with Crippen LogP contribution in [-0.4, -0.2) is 20.5 Å². The van der Waals surface area contributed by atoms with E-state index in [0.29, 0.717) is 18.4 Å². The lowest BCUT2D eigenvalue weighted by Gasteiger charge is -2.33. The maximum absolute atomic E-state index is 13.4. The van der Waals surface area contributed by atoms with Crippen LogP contribution in [0.15, 0.2) is 67.3 Å². The Balaban J connectivity index is 2.32. The number of rotatable bonds is 6. The normalized spacial score (nSPS) is 13.4. The van der Waals surface area contributed by atoms with Crippen LogP contribution in [0.4, 0.5) is 4.39 Å². The van der Waals surface area contributed by atoms with E-state index < -0.39 is 5.54 Å². The molecule has 0 amide bonds. The van der Waals surface area contributed by atoms with E-state index >= 15 is 0 Å². The summed E-state index contributed by atoms with van der Waals surface area (Å²) in [6, 6.07) is 15.4. The maximum atomic E-state index is 13.4. The molecule has 0 bridgehead atoms. The Kier molecular flexibility index (Phi) is 4.51. The number of benzene rings is 2. The molecule has 0 aliphatic carbocycles. The van der Waals surface area contributed by atoms with Gasteiger partial charge in [0.1, 0.15) is 18.5 Å². The van der Waals surface area contributed by atoms with E-state index in [-0.39, 0.29) is 11.6 Å². The number of hydrogen-bond donors (Lipinski definition) is 0. The zero-order chi connectivity index (χ0) is 17.0. The van der Waals surface area contributed by atoms with Crippen molar-refractivity contribution < 1.29 is 9.18 Å². The first-order chi connectivity index (χ1) is 11.7. The van der Waals surface area contributed by atoms with E-state index in [9.17, 15) is 9.18 Å². The number of aromatic nitrogens is 3. The Bertz CT molecular complexity index is 800. The third kappa shape index (κ3) is 2.62. The molecule has 0 saturated carbocycles. The largest absolute Gasteiger partial charge is 0.296 e. The van der Waals surface area contributed by atoms with Crippen LogP contribution in [0.5, 0.6) is 0 Å². The number of ketones is 1. The van der Waals surface area contributed by atoms with Crippen LogP contribution in [0, 0.1) is 5.82 Å². The van der Waals surface area contributed by atoms with E-state index in [1.807, 2.05) is 37.3 Å². The summed E-state index contributed by atoms with van der Waals surface area (Å²) in [6.07, 6.45) is 4.03. The van der Waals surface area contributed by atoms with Gasteiger partial charge in [-0.1, -0.05) is 49.4 Å². The van der Waals surface area contributed by atoms with Crippen LogP contribution in [0.1, 0.15) is 30.9 Å². The summed E-state index contributed by atoms with van der Waals surface area (Å²) < 4.78 is 15.0. The van der Waals surface area contributed by atoms with Crippen molar-refractivity contribution in [3.05, 3.63) is 84.2 Å². The van der Waals surface area contributed by atoms with Crippen LogP contribution in [0.2, 0.25) is 0 Å². The molecule has 4 nitrogen and oxygen atoms in total. The Labute approximate surface area is 140 Å². The lowest BCUT2D eigenvalue weighted by atomic mass is 9.78. The molecule has 0 saturated heterocycles. The second-order valence-corrected chi connectivity index (χ2v) is 5.60. The molecule has 0 aliphatic rings. The Morgan fingerprint density at radius 2 is 1.75 bits per heavy atom. The van der Waals surface area contributed by atoms with Gasteiger partial charge in [-0.15, -0.1) is 0 Å². The van der Waals surface area contributed by atoms with Crippen molar-refractivity contribution in [2.24, 2.45) is 0 Å². The van der Waals surface area contributed by atoms with E-state index in [1.54, 1.807) is 16.8 Å². The summed E-state index contributed by atoms with van der Waals surface area (Å²) in [5.41, 5.74) is 0.293. The summed E-state index contributed by atoms with van der Waals surface area (Å²) >= 11 is 0. The first-order valence-corrected chi connectivity index (χ1v) is 7.89. The van der Waals surface area contributed by atoms with Gasteiger partial charge in [0.25, 0.3) is 0 Å². The van der Waals surface area contributed by atoms with Crippen molar-refractivity contribution in [3.63, 3.8) is 0 Å². The van der Waals surface area contributed by atoms with Crippen LogP contribution < -0.4 is 0 Å². The number of carbonyl (C=O) groups is 1. The molecule has 1 unspecified atom stereocenters. The second-order valence-electron chi connectivity index (χ2n) is 5.60. The highest BCUT2D eigenvalue weighted by atomic mass is 19.1. The van der Waals surface area contributed by atoms with Gasteiger partial charge in [-0.2, -0.15) is 5.10 Å². The molecule has 5 heteroatoms. The minimum atomic E-state index is -1.15. The number of Topliss-reactive ketones (excluding diaryl/α,β-unsaturated/α-hetero) is 1. The topological polar surface area (TPSA) is 47.8 Å². The Hall–Kier alpha value is -2.82. The summed E-state index contributed by atoms with van der Waals surface area (Å²) in [5.74, 6) is -0.351. The summed E-state index contributed by atoms with van der Waals surface area (Å²) in [6.45, 7) is 1.96. The van der Waals surface area contributed by atoms with Crippen LogP contribution >= 0.6 is 0 Å². The molecule has 0 radical (unpaired) electrons. The van der Waals surface area contributed by atoms with E-state index in [4.69, 9.17) is 0 Å². The van der Waals surface area contributed by atoms with Crippen LogP contribution in [0.25, 0.3) is 0 Å². The minimum Gasteiger partial charge on any atom is -0.296 e. The molecule has 24 heavy (non-hydrogen) atoms. The van der Waals surface area contributed by atoms with Gasteiger partial charge >= 0.3 is 0 Å². The maximum Gasteiger partial charge on any atom is 0.172 e. The third-order valence-corrected chi connectivity index (χ3v) is 4.10. The van der Waals surface area contributed by atoms with Gasteiger partial charge in [-0.25, -0.2) is 14.1 Å². The minimum absolute atomic E-state index is 0.00620. The van der Waals surface area contributed by atoms with Crippen LogP contribution in [0.3, 0.4) is 0 Å². The lowest BCUT2D eigenvalue weighted by Crippen LogP contribution is -2.44. The first-order valence-electron chi connectivity index (χ1n) is 7.89. The predicted octanol–water partition coefficient (Wildman–Crippen LogP) is 3.58. The number of halogens is 1. The number of hydrogen-bond acceptors (Lipinski definition) is 3.